The van der Waals surface area contributed by atoms with Gasteiger partial charge in [0.25, 0.3) is 0 Å². The molecule has 0 aliphatic carbocycles. The van der Waals surface area contributed by atoms with E-state index >= 15 is 0 Å². The molecule has 1 aromatic carbocycles. The second-order valence-corrected chi connectivity index (χ2v) is 5.83. The number of thiophene rings is 1. The van der Waals surface area contributed by atoms with Gasteiger partial charge in [0, 0.05) is 22.0 Å². The number of carbonyl (C=O) groups is 1. The maximum Gasteiger partial charge on any atom is 0.224 e. The predicted molar refractivity (Wildman–Crippen MR) is 82.1 cm³/mol. The van der Waals surface area contributed by atoms with E-state index in [9.17, 15) is 4.79 Å². The molecule has 19 heavy (non-hydrogen) atoms. The number of hydrogen-bond donors (Lipinski definition) is 1. The molecule has 0 bridgehead atoms. The Morgan fingerprint density at radius 1 is 1.32 bits per heavy atom. The summed E-state index contributed by atoms with van der Waals surface area (Å²) < 4.78 is 0. The minimum atomic E-state index is 0.0434. The molecular formula is C15H16ClNOS. The van der Waals surface area contributed by atoms with Crippen LogP contribution in [-0.4, -0.2) is 5.91 Å². The van der Waals surface area contributed by atoms with E-state index in [1.165, 1.54) is 4.88 Å². The number of aryl methyl sites for hydroxylation is 1. The molecule has 2 nitrogen and oxygen atoms in total. The molecule has 4 heteroatoms. The van der Waals surface area contributed by atoms with Crippen LogP contribution in [0.4, 0.5) is 5.69 Å². The Balaban J connectivity index is 1.82. The van der Waals surface area contributed by atoms with E-state index in [0.29, 0.717) is 11.4 Å². The Morgan fingerprint density at radius 3 is 2.89 bits per heavy atom. The van der Waals surface area contributed by atoms with Crippen molar-refractivity contribution in [2.24, 2.45) is 0 Å². The number of rotatable bonds is 5. The molecule has 0 fully saturated rings. The number of benzene rings is 1. The lowest BCUT2D eigenvalue weighted by atomic mass is 10.1. The summed E-state index contributed by atoms with van der Waals surface area (Å²) in [6, 6.07) is 9.68. The number of nitrogens with one attached hydrogen (secondary N) is 1. The fourth-order valence-electron chi connectivity index (χ4n) is 1.83. The number of halogens is 1. The van der Waals surface area contributed by atoms with Crippen LogP contribution in [0.15, 0.2) is 35.7 Å². The average molecular weight is 294 g/mol. The van der Waals surface area contributed by atoms with Crippen molar-refractivity contribution < 1.29 is 4.79 Å². The van der Waals surface area contributed by atoms with Crippen molar-refractivity contribution in [3.63, 3.8) is 0 Å². The minimum Gasteiger partial charge on any atom is -0.326 e. The highest BCUT2D eigenvalue weighted by Crippen LogP contribution is 2.23. The van der Waals surface area contributed by atoms with Crippen molar-refractivity contribution in [1.29, 1.82) is 0 Å². The maximum atomic E-state index is 11.9. The summed E-state index contributed by atoms with van der Waals surface area (Å²) in [5, 5.41) is 5.65. The molecule has 1 N–H and O–H groups in total. The molecule has 0 spiro atoms. The standard InChI is InChI=1S/C15H16ClNOS/c1-11-13(16)7-3-8-14(11)17-15(18)9-2-5-12-6-4-10-19-12/h3-4,6-8,10H,2,5,9H2,1H3,(H,17,18). The summed E-state index contributed by atoms with van der Waals surface area (Å²) in [6.07, 6.45) is 2.36. The van der Waals surface area contributed by atoms with Crippen molar-refractivity contribution in [3.05, 3.63) is 51.2 Å². The first-order valence-corrected chi connectivity index (χ1v) is 7.50. The van der Waals surface area contributed by atoms with E-state index in [4.69, 9.17) is 11.6 Å². The third-order valence-electron chi connectivity index (χ3n) is 2.95. The van der Waals surface area contributed by atoms with Gasteiger partial charge < -0.3 is 5.32 Å². The number of amides is 1. The molecule has 0 aliphatic rings. The van der Waals surface area contributed by atoms with Gasteiger partial charge in [-0.1, -0.05) is 23.7 Å². The summed E-state index contributed by atoms with van der Waals surface area (Å²) >= 11 is 7.75. The van der Waals surface area contributed by atoms with Gasteiger partial charge in [0.1, 0.15) is 0 Å². The van der Waals surface area contributed by atoms with Crippen LogP contribution < -0.4 is 5.32 Å². The zero-order chi connectivity index (χ0) is 13.7. The number of anilines is 1. The fourth-order valence-corrected chi connectivity index (χ4v) is 2.76. The molecule has 0 saturated carbocycles. The summed E-state index contributed by atoms with van der Waals surface area (Å²) in [7, 11) is 0. The predicted octanol–water partition coefficient (Wildman–Crippen LogP) is 4.67. The van der Waals surface area contributed by atoms with Crippen LogP contribution in [0.25, 0.3) is 0 Å². The van der Waals surface area contributed by atoms with Crippen molar-refractivity contribution in [3.8, 4) is 0 Å². The van der Waals surface area contributed by atoms with Crippen LogP contribution in [-0.2, 0) is 11.2 Å². The topological polar surface area (TPSA) is 29.1 Å². The normalized spacial score (nSPS) is 10.4. The molecule has 0 radical (unpaired) electrons. The SMILES string of the molecule is Cc1c(Cl)cccc1NC(=O)CCCc1cccs1. The molecule has 0 atom stereocenters. The van der Waals surface area contributed by atoms with Crippen molar-refractivity contribution in [2.45, 2.75) is 26.2 Å². The highest BCUT2D eigenvalue weighted by molar-refractivity contribution is 7.09. The molecule has 0 unspecified atom stereocenters. The fraction of sp³-hybridized carbons (Fsp3) is 0.267. The average Bonchev–Trinajstić information content (AvgIpc) is 2.88. The Kier molecular flexibility index (Phi) is 5.00. The molecule has 2 rings (SSSR count). The van der Waals surface area contributed by atoms with Gasteiger partial charge in [-0.3, -0.25) is 4.79 Å². The van der Waals surface area contributed by atoms with Crippen LogP contribution >= 0.6 is 22.9 Å². The van der Waals surface area contributed by atoms with Crippen LogP contribution in [0.5, 0.6) is 0 Å². The van der Waals surface area contributed by atoms with E-state index in [-0.39, 0.29) is 5.91 Å². The van der Waals surface area contributed by atoms with E-state index in [1.54, 1.807) is 11.3 Å². The number of hydrogen-bond acceptors (Lipinski definition) is 2. The van der Waals surface area contributed by atoms with Crippen LogP contribution in [0.3, 0.4) is 0 Å². The summed E-state index contributed by atoms with van der Waals surface area (Å²) in [6.45, 7) is 1.91. The first kappa shape index (κ1) is 14.1. The second-order valence-electron chi connectivity index (χ2n) is 4.39. The number of carbonyl (C=O) groups excluding carboxylic acids is 1. The highest BCUT2D eigenvalue weighted by Gasteiger charge is 2.06. The van der Waals surface area contributed by atoms with Crippen molar-refractivity contribution >= 4 is 34.5 Å². The Morgan fingerprint density at radius 2 is 2.16 bits per heavy atom. The third kappa shape index (κ3) is 4.08. The monoisotopic (exact) mass is 293 g/mol. The van der Waals surface area contributed by atoms with Gasteiger partial charge >= 0.3 is 0 Å². The van der Waals surface area contributed by atoms with E-state index in [0.717, 1.165) is 24.1 Å². The van der Waals surface area contributed by atoms with Crippen molar-refractivity contribution in [2.75, 3.05) is 5.32 Å². The second kappa shape index (κ2) is 6.73. The molecular weight excluding hydrogens is 278 g/mol. The quantitative estimate of drug-likeness (QED) is 0.852. The van der Waals surface area contributed by atoms with Crippen LogP contribution in [0, 0.1) is 6.92 Å². The van der Waals surface area contributed by atoms with Gasteiger partial charge in [-0.05, 0) is 48.9 Å². The summed E-state index contributed by atoms with van der Waals surface area (Å²) in [5.41, 5.74) is 1.71. The van der Waals surface area contributed by atoms with E-state index < -0.39 is 0 Å². The lowest BCUT2D eigenvalue weighted by Crippen LogP contribution is -2.12. The highest BCUT2D eigenvalue weighted by atomic mass is 35.5. The Bertz CT molecular complexity index is 551. The van der Waals surface area contributed by atoms with Gasteiger partial charge in [0.05, 0.1) is 0 Å². The van der Waals surface area contributed by atoms with Crippen LogP contribution in [0.1, 0.15) is 23.3 Å². The molecule has 100 valence electrons. The van der Waals surface area contributed by atoms with Gasteiger partial charge in [-0.15, -0.1) is 11.3 Å². The van der Waals surface area contributed by atoms with Gasteiger partial charge in [-0.25, -0.2) is 0 Å². The van der Waals surface area contributed by atoms with Crippen molar-refractivity contribution in [1.82, 2.24) is 0 Å². The first-order valence-electron chi connectivity index (χ1n) is 6.24. The van der Waals surface area contributed by atoms with E-state index in [2.05, 4.69) is 16.8 Å². The third-order valence-corrected chi connectivity index (χ3v) is 4.29. The Hall–Kier alpha value is -1.32. The smallest absolute Gasteiger partial charge is 0.224 e. The summed E-state index contributed by atoms with van der Waals surface area (Å²) in [5.74, 6) is 0.0434. The van der Waals surface area contributed by atoms with E-state index in [1.807, 2.05) is 31.2 Å². The van der Waals surface area contributed by atoms with Gasteiger partial charge in [0.2, 0.25) is 5.91 Å². The van der Waals surface area contributed by atoms with Gasteiger partial charge in [0.15, 0.2) is 0 Å². The maximum absolute atomic E-state index is 11.9. The first-order chi connectivity index (χ1) is 9.16. The Labute approximate surface area is 122 Å². The van der Waals surface area contributed by atoms with Gasteiger partial charge in [-0.2, -0.15) is 0 Å². The zero-order valence-electron chi connectivity index (χ0n) is 10.8. The molecule has 0 saturated heterocycles. The zero-order valence-corrected chi connectivity index (χ0v) is 12.4. The molecule has 2 aromatic rings. The molecule has 1 amide bonds. The molecule has 1 aromatic heterocycles. The minimum absolute atomic E-state index is 0.0434. The summed E-state index contributed by atoms with van der Waals surface area (Å²) in [4.78, 5) is 13.2. The molecule has 0 aliphatic heterocycles. The molecule has 1 heterocycles. The largest absolute Gasteiger partial charge is 0.326 e. The van der Waals surface area contributed by atoms with Crippen LogP contribution in [0.2, 0.25) is 5.02 Å². The lowest BCUT2D eigenvalue weighted by molar-refractivity contribution is -0.116. The lowest BCUT2D eigenvalue weighted by Gasteiger charge is -2.09.